The van der Waals surface area contributed by atoms with Crippen LogP contribution in [0.25, 0.3) is 38.2 Å². The predicted molar refractivity (Wildman–Crippen MR) is 99.5 cm³/mol. The monoisotopic (exact) mass is 313 g/mol. The molecule has 0 aliphatic rings. The van der Waals surface area contributed by atoms with Gasteiger partial charge in [0.1, 0.15) is 5.65 Å². The van der Waals surface area contributed by atoms with Crippen molar-refractivity contribution in [1.82, 2.24) is 9.38 Å². The molecule has 0 fully saturated rings. The molecule has 0 amide bonds. The SMILES string of the molecule is CN(C)c1ccc2c3c1cccc3c(=O)n1c3ccccc3nc21. The summed E-state index contributed by atoms with van der Waals surface area (Å²) in [5.41, 5.74) is 3.53. The van der Waals surface area contributed by atoms with Crippen molar-refractivity contribution in [1.29, 1.82) is 0 Å². The van der Waals surface area contributed by atoms with Gasteiger partial charge in [-0.1, -0.05) is 24.3 Å². The van der Waals surface area contributed by atoms with E-state index in [-0.39, 0.29) is 5.56 Å². The fourth-order valence-corrected chi connectivity index (χ4v) is 3.68. The molecule has 0 radical (unpaired) electrons. The van der Waals surface area contributed by atoms with Gasteiger partial charge in [-0.05, 0) is 30.3 Å². The van der Waals surface area contributed by atoms with Gasteiger partial charge in [-0.25, -0.2) is 4.98 Å². The zero-order valence-electron chi connectivity index (χ0n) is 13.4. The number of nitrogens with zero attached hydrogens (tertiary/aromatic N) is 3. The largest absolute Gasteiger partial charge is 0.377 e. The van der Waals surface area contributed by atoms with Crippen molar-refractivity contribution in [3.05, 3.63) is 65.0 Å². The molecule has 0 saturated heterocycles. The highest BCUT2D eigenvalue weighted by Crippen LogP contribution is 2.34. The van der Waals surface area contributed by atoms with E-state index in [2.05, 4.69) is 23.1 Å². The molecular formula is C20H15N3O. The number of fused-ring (bicyclic) bond motifs is 4. The van der Waals surface area contributed by atoms with Gasteiger partial charge in [0.05, 0.1) is 11.0 Å². The van der Waals surface area contributed by atoms with Crippen LogP contribution in [0.1, 0.15) is 0 Å². The lowest BCUT2D eigenvalue weighted by Gasteiger charge is -2.17. The van der Waals surface area contributed by atoms with E-state index in [4.69, 9.17) is 4.98 Å². The van der Waals surface area contributed by atoms with Gasteiger partial charge >= 0.3 is 0 Å². The van der Waals surface area contributed by atoms with Crippen LogP contribution in [-0.4, -0.2) is 23.5 Å². The summed E-state index contributed by atoms with van der Waals surface area (Å²) >= 11 is 0. The molecule has 0 aliphatic heterocycles. The summed E-state index contributed by atoms with van der Waals surface area (Å²) in [6.07, 6.45) is 0. The van der Waals surface area contributed by atoms with E-state index in [9.17, 15) is 4.79 Å². The van der Waals surface area contributed by atoms with Crippen LogP contribution in [0.15, 0.2) is 59.4 Å². The van der Waals surface area contributed by atoms with Crippen LogP contribution >= 0.6 is 0 Å². The normalized spacial score (nSPS) is 11.9. The molecule has 4 nitrogen and oxygen atoms in total. The van der Waals surface area contributed by atoms with Crippen molar-refractivity contribution in [3.63, 3.8) is 0 Å². The zero-order valence-corrected chi connectivity index (χ0v) is 13.4. The quantitative estimate of drug-likeness (QED) is 0.474. The van der Waals surface area contributed by atoms with E-state index in [1.165, 1.54) is 0 Å². The van der Waals surface area contributed by atoms with Crippen LogP contribution < -0.4 is 10.5 Å². The van der Waals surface area contributed by atoms with Crippen molar-refractivity contribution in [2.24, 2.45) is 0 Å². The predicted octanol–water partition coefficient (Wildman–Crippen LogP) is 3.66. The summed E-state index contributed by atoms with van der Waals surface area (Å²) in [6, 6.07) is 17.9. The number of rotatable bonds is 1. The number of anilines is 1. The molecule has 4 heteroatoms. The summed E-state index contributed by atoms with van der Waals surface area (Å²) in [6.45, 7) is 0. The van der Waals surface area contributed by atoms with Crippen LogP contribution in [0.5, 0.6) is 0 Å². The first-order valence-corrected chi connectivity index (χ1v) is 7.92. The van der Waals surface area contributed by atoms with Gasteiger partial charge in [-0.2, -0.15) is 0 Å². The van der Waals surface area contributed by atoms with Crippen LogP contribution in [-0.2, 0) is 0 Å². The Morgan fingerprint density at radius 1 is 0.875 bits per heavy atom. The van der Waals surface area contributed by atoms with Gasteiger partial charge in [0.2, 0.25) is 0 Å². The van der Waals surface area contributed by atoms with E-state index in [0.29, 0.717) is 0 Å². The molecule has 2 heterocycles. The fraction of sp³-hybridized carbons (Fsp3) is 0.100. The second-order valence-corrected chi connectivity index (χ2v) is 6.32. The highest BCUT2D eigenvalue weighted by Gasteiger charge is 2.17. The minimum absolute atomic E-state index is 0.00675. The van der Waals surface area contributed by atoms with Gasteiger partial charge < -0.3 is 4.90 Å². The first-order chi connectivity index (χ1) is 11.7. The number of pyridine rings is 1. The van der Waals surface area contributed by atoms with Crippen molar-refractivity contribution >= 4 is 43.9 Å². The average molecular weight is 313 g/mol. The molecule has 24 heavy (non-hydrogen) atoms. The lowest BCUT2D eigenvalue weighted by Crippen LogP contribution is -2.14. The molecule has 0 atom stereocenters. The summed E-state index contributed by atoms with van der Waals surface area (Å²) < 4.78 is 1.74. The molecule has 5 rings (SSSR count). The van der Waals surface area contributed by atoms with Crippen molar-refractivity contribution in [2.75, 3.05) is 19.0 Å². The van der Waals surface area contributed by atoms with E-state index < -0.39 is 0 Å². The van der Waals surface area contributed by atoms with Crippen molar-refractivity contribution in [3.8, 4) is 0 Å². The third kappa shape index (κ3) is 1.52. The summed E-state index contributed by atoms with van der Waals surface area (Å²) in [5, 5.41) is 3.84. The molecule has 0 aliphatic carbocycles. The Morgan fingerprint density at radius 3 is 2.50 bits per heavy atom. The standard InChI is InChI=1S/C20H15N3O/c1-22(2)16-11-10-13-18-12(16)6-5-7-14(18)20(24)23-17-9-4-3-8-15(17)21-19(13)23/h3-11H,1-2H3. The molecule has 116 valence electrons. The molecular weight excluding hydrogens is 298 g/mol. The minimum Gasteiger partial charge on any atom is -0.377 e. The molecule has 0 bridgehead atoms. The summed E-state index contributed by atoms with van der Waals surface area (Å²) in [7, 11) is 4.04. The fourth-order valence-electron chi connectivity index (χ4n) is 3.68. The highest BCUT2D eigenvalue weighted by atomic mass is 16.1. The Bertz CT molecular complexity index is 1300. The van der Waals surface area contributed by atoms with E-state index in [0.717, 1.165) is 43.9 Å². The summed E-state index contributed by atoms with van der Waals surface area (Å²) in [5.74, 6) is 0. The van der Waals surface area contributed by atoms with E-state index in [1.807, 2.05) is 50.5 Å². The topological polar surface area (TPSA) is 37.6 Å². The van der Waals surface area contributed by atoms with Crippen LogP contribution in [0.3, 0.4) is 0 Å². The lowest BCUT2D eigenvalue weighted by atomic mass is 10.0. The van der Waals surface area contributed by atoms with E-state index in [1.54, 1.807) is 4.40 Å². The van der Waals surface area contributed by atoms with Crippen molar-refractivity contribution < 1.29 is 0 Å². The molecule has 5 aromatic rings. The third-order valence-electron chi connectivity index (χ3n) is 4.73. The Balaban J connectivity index is 2.16. The average Bonchev–Trinajstić information content (AvgIpc) is 2.98. The Labute approximate surface area is 137 Å². The number of benzene rings is 3. The van der Waals surface area contributed by atoms with Gasteiger partial charge in [0.25, 0.3) is 5.56 Å². The van der Waals surface area contributed by atoms with Crippen LogP contribution in [0, 0.1) is 0 Å². The Kier molecular flexibility index (Phi) is 2.47. The summed E-state index contributed by atoms with van der Waals surface area (Å²) in [4.78, 5) is 20.0. The van der Waals surface area contributed by atoms with Crippen LogP contribution in [0.2, 0.25) is 0 Å². The smallest absolute Gasteiger partial charge is 0.264 e. The van der Waals surface area contributed by atoms with Gasteiger partial charge in [0, 0.05) is 41.3 Å². The second kappa shape index (κ2) is 4.45. The second-order valence-electron chi connectivity index (χ2n) is 6.32. The highest BCUT2D eigenvalue weighted by molar-refractivity contribution is 6.18. The maximum atomic E-state index is 13.2. The number of aromatic nitrogens is 2. The maximum Gasteiger partial charge on any atom is 0.264 e. The molecule has 2 aromatic heterocycles. The van der Waals surface area contributed by atoms with Crippen molar-refractivity contribution in [2.45, 2.75) is 0 Å². The van der Waals surface area contributed by atoms with Gasteiger partial charge in [0.15, 0.2) is 0 Å². The molecule has 0 saturated carbocycles. The Morgan fingerprint density at radius 2 is 1.67 bits per heavy atom. The number of para-hydroxylation sites is 2. The molecule has 0 N–H and O–H groups in total. The molecule has 0 unspecified atom stereocenters. The zero-order chi connectivity index (χ0) is 16.4. The Hall–Kier alpha value is -3.14. The molecule has 3 aromatic carbocycles. The number of hydrogen-bond acceptors (Lipinski definition) is 3. The van der Waals surface area contributed by atoms with Gasteiger partial charge in [-0.15, -0.1) is 0 Å². The maximum absolute atomic E-state index is 13.2. The minimum atomic E-state index is -0.00675. The first kappa shape index (κ1) is 13.3. The first-order valence-electron chi connectivity index (χ1n) is 7.92. The van der Waals surface area contributed by atoms with Gasteiger partial charge in [-0.3, -0.25) is 9.20 Å². The number of hydrogen-bond donors (Lipinski definition) is 0. The third-order valence-corrected chi connectivity index (χ3v) is 4.73. The molecule has 0 spiro atoms. The lowest BCUT2D eigenvalue weighted by molar-refractivity contribution is 1.14. The number of imidazole rings is 1. The van der Waals surface area contributed by atoms with E-state index >= 15 is 0 Å². The van der Waals surface area contributed by atoms with Crippen LogP contribution in [0.4, 0.5) is 5.69 Å².